The molecular weight excluding hydrogens is 224 g/mol. The minimum atomic E-state index is -0.315. The first-order chi connectivity index (χ1) is 6.07. The Morgan fingerprint density at radius 2 is 2.07 bits per heavy atom. The van der Waals surface area contributed by atoms with Gasteiger partial charge in [0.2, 0.25) is 0 Å². The van der Waals surface area contributed by atoms with Crippen LogP contribution >= 0.6 is 24.0 Å². The summed E-state index contributed by atoms with van der Waals surface area (Å²) in [6.07, 6.45) is 0.681. The van der Waals surface area contributed by atoms with Crippen LogP contribution in [0.3, 0.4) is 0 Å². The second kappa shape index (κ2) is 5.54. The average Bonchev–Trinajstić information content (AvgIpc) is 2.12. The van der Waals surface area contributed by atoms with Crippen molar-refractivity contribution in [2.24, 2.45) is 5.73 Å². The van der Waals surface area contributed by atoms with Crippen LogP contribution in [-0.4, -0.2) is 0 Å². The molecule has 0 saturated carbocycles. The van der Waals surface area contributed by atoms with Crippen LogP contribution in [0.2, 0.25) is 5.02 Å². The van der Waals surface area contributed by atoms with Gasteiger partial charge in [0.05, 0.1) is 5.02 Å². The van der Waals surface area contributed by atoms with Crippen molar-refractivity contribution in [3.63, 3.8) is 0 Å². The van der Waals surface area contributed by atoms with E-state index in [-0.39, 0.29) is 24.3 Å². The lowest BCUT2D eigenvalue weighted by Crippen LogP contribution is -2.11. The molecule has 4 heteroatoms. The number of halogens is 3. The Bertz CT molecular complexity index is 315. The Morgan fingerprint density at radius 3 is 2.57 bits per heavy atom. The maximum atomic E-state index is 13.3. The number of benzene rings is 1. The van der Waals surface area contributed by atoms with Gasteiger partial charge in [0.25, 0.3) is 0 Å². The van der Waals surface area contributed by atoms with Crippen LogP contribution in [0, 0.1) is 12.7 Å². The van der Waals surface area contributed by atoms with Crippen molar-refractivity contribution >= 4 is 24.0 Å². The molecule has 0 aliphatic rings. The first kappa shape index (κ1) is 13.7. The summed E-state index contributed by atoms with van der Waals surface area (Å²) < 4.78 is 13.3. The van der Waals surface area contributed by atoms with Gasteiger partial charge in [0.15, 0.2) is 0 Å². The molecule has 0 aliphatic carbocycles. The van der Waals surface area contributed by atoms with Gasteiger partial charge in [-0.1, -0.05) is 24.6 Å². The molecular formula is C10H14Cl2FN. The first-order valence-corrected chi connectivity index (χ1v) is 4.65. The highest BCUT2D eigenvalue weighted by Gasteiger charge is 2.14. The van der Waals surface area contributed by atoms with Crippen LogP contribution in [0.15, 0.2) is 12.1 Å². The van der Waals surface area contributed by atoms with Crippen molar-refractivity contribution in [1.29, 1.82) is 0 Å². The van der Waals surface area contributed by atoms with E-state index in [0.29, 0.717) is 17.0 Å². The standard InChI is InChI=1S/C10H13ClFN.ClH/c1-3-8(13)9-7(12)5-4-6(2)10(9)11;/h4-5,8H,3,13H2,1-2H3;1H/t8-;/m1./s1. The van der Waals surface area contributed by atoms with E-state index in [1.165, 1.54) is 6.07 Å². The summed E-state index contributed by atoms with van der Waals surface area (Å²) >= 11 is 5.95. The molecule has 1 nitrogen and oxygen atoms in total. The van der Waals surface area contributed by atoms with Gasteiger partial charge >= 0.3 is 0 Å². The summed E-state index contributed by atoms with van der Waals surface area (Å²) in [6.45, 7) is 3.75. The predicted octanol–water partition coefficient (Wildman–Crippen LogP) is 3.62. The second-order valence-electron chi connectivity index (χ2n) is 3.11. The smallest absolute Gasteiger partial charge is 0.129 e. The van der Waals surface area contributed by atoms with E-state index in [1.807, 2.05) is 13.8 Å². The Hall–Kier alpha value is -0.310. The molecule has 1 atom stereocenters. The van der Waals surface area contributed by atoms with Gasteiger partial charge < -0.3 is 5.73 Å². The van der Waals surface area contributed by atoms with Gasteiger partial charge in [-0.3, -0.25) is 0 Å². The maximum absolute atomic E-state index is 13.3. The maximum Gasteiger partial charge on any atom is 0.129 e. The van der Waals surface area contributed by atoms with E-state index in [2.05, 4.69) is 0 Å². The zero-order valence-electron chi connectivity index (χ0n) is 8.18. The van der Waals surface area contributed by atoms with Crippen molar-refractivity contribution in [1.82, 2.24) is 0 Å². The summed E-state index contributed by atoms with van der Waals surface area (Å²) in [5, 5.41) is 0.453. The molecule has 80 valence electrons. The molecule has 0 amide bonds. The van der Waals surface area contributed by atoms with Gasteiger partial charge in [-0.25, -0.2) is 4.39 Å². The zero-order chi connectivity index (χ0) is 10.0. The highest BCUT2D eigenvalue weighted by atomic mass is 35.5. The highest BCUT2D eigenvalue weighted by Crippen LogP contribution is 2.28. The molecule has 0 saturated heterocycles. The minimum absolute atomic E-state index is 0. The number of hydrogen-bond donors (Lipinski definition) is 1. The Labute approximate surface area is 94.9 Å². The van der Waals surface area contributed by atoms with E-state index < -0.39 is 0 Å². The molecule has 1 rings (SSSR count). The molecule has 0 unspecified atom stereocenters. The van der Waals surface area contributed by atoms with Crippen LogP contribution in [-0.2, 0) is 0 Å². The summed E-state index contributed by atoms with van der Waals surface area (Å²) in [5.41, 5.74) is 7.04. The molecule has 0 heterocycles. The molecule has 14 heavy (non-hydrogen) atoms. The van der Waals surface area contributed by atoms with E-state index in [4.69, 9.17) is 17.3 Å². The molecule has 0 bridgehead atoms. The van der Waals surface area contributed by atoms with Crippen LogP contribution < -0.4 is 5.73 Å². The molecule has 0 radical (unpaired) electrons. The number of aryl methyl sites for hydroxylation is 1. The molecule has 0 aromatic heterocycles. The van der Waals surface area contributed by atoms with E-state index in [9.17, 15) is 4.39 Å². The Balaban J connectivity index is 0.00000169. The van der Waals surface area contributed by atoms with E-state index in [1.54, 1.807) is 6.07 Å². The average molecular weight is 238 g/mol. The fourth-order valence-electron chi connectivity index (χ4n) is 1.22. The fourth-order valence-corrected chi connectivity index (χ4v) is 1.52. The number of rotatable bonds is 2. The third-order valence-corrected chi connectivity index (χ3v) is 2.63. The lowest BCUT2D eigenvalue weighted by Gasteiger charge is -2.13. The molecule has 1 aromatic carbocycles. The third kappa shape index (κ3) is 2.59. The molecule has 0 spiro atoms. The van der Waals surface area contributed by atoms with Crippen molar-refractivity contribution in [2.75, 3.05) is 0 Å². The summed E-state index contributed by atoms with van der Waals surface area (Å²) in [6, 6.07) is 2.75. The Kier molecular flexibility index (Phi) is 5.42. The molecule has 2 N–H and O–H groups in total. The van der Waals surface area contributed by atoms with Gasteiger partial charge in [0.1, 0.15) is 5.82 Å². The number of nitrogens with two attached hydrogens (primary N) is 1. The summed E-state index contributed by atoms with van der Waals surface area (Å²) in [7, 11) is 0. The molecule has 0 fully saturated rings. The molecule has 1 aromatic rings. The van der Waals surface area contributed by atoms with Gasteiger partial charge in [-0.15, -0.1) is 12.4 Å². The monoisotopic (exact) mass is 237 g/mol. The summed E-state index contributed by atoms with van der Waals surface area (Å²) in [4.78, 5) is 0. The van der Waals surface area contributed by atoms with E-state index >= 15 is 0 Å². The van der Waals surface area contributed by atoms with Crippen molar-refractivity contribution < 1.29 is 4.39 Å². The van der Waals surface area contributed by atoms with Crippen molar-refractivity contribution in [2.45, 2.75) is 26.3 Å². The number of hydrogen-bond acceptors (Lipinski definition) is 1. The largest absolute Gasteiger partial charge is 0.324 e. The summed E-state index contributed by atoms with van der Waals surface area (Å²) in [5.74, 6) is -0.315. The van der Waals surface area contributed by atoms with E-state index in [0.717, 1.165) is 5.56 Å². The third-order valence-electron chi connectivity index (χ3n) is 2.13. The minimum Gasteiger partial charge on any atom is -0.324 e. The first-order valence-electron chi connectivity index (χ1n) is 4.28. The lowest BCUT2D eigenvalue weighted by molar-refractivity contribution is 0.575. The van der Waals surface area contributed by atoms with Crippen LogP contribution in [0.4, 0.5) is 4.39 Å². The van der Waals surface area contributed by atoms with Gasteiger partial charge in [-0.2, -0.15) is 0 Å². The second-order valence-corrected chi connectivity index (χ2v) is 3.48. The highest BCUT2D eigenvalue weighted by molar-refractivity contribution is 6.32. The van der Waals surface area contributed by atoms with Crippen LogP contribution in [0.5, 0.6) is 0 Å². The van der Waals surface area contributed by atoms with Crippen LogP contribution in [0.1, 0.15) is 30.5 Å². The molecule has 0 aliphatic heterocycles. The van der Waals surface area contributed by atoms with Crippen molar-refractivity contribution in [3.05, 3.63) is 34.1 Å². The Morgan fingerprint density at radius 1 is 1.50 bits per heavy atom. The lowest BCUT2D eigenvalue weighted by atomic mass is 10.0. The topological polar surface area (TPSA) is 26.0 Å². The van der Waals surface area contributed by atoms with Gasteiger partial charge in [0, 0.05) is 11.6 Å². The normalized spacial score (nSPS) is 12.1. The zero-order valence-corrected chi connectivity index (χ0v) is 9.75. The quantitative estimate of drug-likeness (QED) is 0.836. The van der Waals surface area contributed by atoms with Gasteiger partial charge in [-0.05, 0) is 25.0 Å². The SMILES string of the molecule is CC[C@@H](N)c1c(F)ccc(C)c1Cl.Cl. The fraction of sp³-hybridized carbons (Fsp3) is 0.400. The van der Waals surface area contributed by atoms with Crippen LogP contribution in [0.25, 0.3) is 0 Å². The van der Waals surface area contributed by atoms with Crippen molar-refractivity contribution in [3.8, 4) is 0 Å². The predicted molar refractivity (Wildman–Crippen MR) is 60.6 cm³/mol.